The lowest BCUT2D eigenvalue weighted by molar-refractivity contribution is 0.266. The SMILES string of the molecule is CCCCC(CC)CC1(CC(CC)CCCC)c2cc(-c3cccs3)ccc2-c2ccc(-c3cccs3)cc21. The minimum Gasteiger partial charge on any atom is -0.144 e. The third-order valence-corrected chi connectivity index (χ3v) is 11.2. The van der Waals surface area contributed by atoms with Crippen molar-refractivity contribution in [2.45, 2.75) is 97.3 Å². The molecule has 0 N–H and O–H groups in total. The van der Waals surface area contributed by atoms with Gasteiger partial charge in [-0.25, -0.2) is 0 Å². The molecule has 0 saturated carbocycles. The lowest BCUT2D eigenvalue weighted by Gasteiger charge is -2.39. The maximum atomic E-state index is 2.60. The van der Waals surface area contributed by atoms with Crippen molar-refractivity contribution >= 4 is 22.7 Å². The monoisotopic (exact) mass is 554 g/mol. The average molecular weight is 555 g/mol. The van der Waals surface area contributed by atoms with Crippen LogP contribution in [0, 0.1) is 11.8 Å². The third-order valence-electron chi connectivity index (χ3n) is 9.33. The number of benzene rings is 2. The van der Waals surface area contributed by atoms with Gasteiger partial charge >= 0.3 is 0 Å². The fourth-order valence-corrected chi connectivity index (χ4v) is 8.53. The molecule has 0 bridgehead atoms. The normalized spacial score (nSPS) is 15.2. The Bertz CT molecular complexity index is 1210. The highest BCUT2D eigenvalue weighted by molar-refractivity contribution is 7.13. The van der Waals surface area contributed by atoms with Crippen molar-refractivity contribution in [3.8, 4) is 32.0 Å². The highest BCUT2D eigenvalue weighted by atomic mass is 32.1. The Morgan fingerprint density at radius 1 is 0.615 bits per heavy atom. The van der Waals surface area contributed by atoms with Gasteiger partial charge < -0.3 is 0 Å². The molecule has 0 aliphatic heterocycles. The van der Waals surface area contributed by atoms with E-state index in [1.807, 2.05) is 22.7 Å². The van der Waals surface area contributed by atoms with Crippen LogP contribution in [0.4, 0.5) is 0 Å². The van der Waals surface area contributed by atoms with Gasteiger partial charge in [0.15, 0.2) is 0 Å². The number of thiophene rings is 2. The zero-order valence-corrected chi connectivity index (χ0v) is 26.1. The van der Waals surface area contributed by atoms with E-state index in [1.54, 1.807) is 11.1 Å². The van der Waals surface area contributed by atoms with Crippen molar-refractivity contribution in [2.24, 2.45) is 11.8 Å². The Morgan fingerprint density at radius 3 is 1.44 bits per heavy atom. The van der Waals surface area contributed by atoms with Gasteiger partial charge in [0, 0.05) is 15.2 Å². The van der Waals surface area contributed by atoms with Crippen LogP contribution in [0.2, 0.25) is 0 Å². The highest BCUT2D eigenvalue weighted by Crippen LogP contribution is 2.57. The molecule has 2 aromatic heterocycles. The molecule has 2 aromatic carbocycles. The molecule has 4 aromatic rings. The Morgan fingerprint density at radius 2 is 1.08 bits per heavy atom. The van der Waals surface area contributed by atoms with Crippen molar-refractivity contribution < 1.29 is 0 Å². The molecule has 2 unspecified atom stereocenters. The average Bonchev–Trinajstić information content (AvgIpc) is 3.75. The molecule has 1 aliphatic rings. The van der Waals surface area contributed by atoms with Gasteiger partial charge in [0.25, 0.3) is 0 Å². The van der Waals surface area contributed by atoms with Crippen molar-refractivity contribution in [1.29, 1.82) is 0 Å². The van der Waals surface area contributed by atoms with Gasteiger partial charge in [-0.1, -0.05) is 115 Å². The largest absolute Gasteiger partial charge is 0.144 e. The first kappa shape index (κ1) is 28.4. The molecule has 0 nitrogen and oxygen atoms in total. The summed E-state index contributed by atoms with van der Waals surface area (Å²) in [5, 5.41) is 4.43. The zero-order valence-electron chi connectivity index (χ0n) is 24.5. The number of hydrogen-bond donors (Lipinski definition) is 0. The first-order chi connectivity index (χ1) is 19.1. The lowest BCUT2D eigenvalue weighted by Crippen LogP contribution is -2.31. The van der Waals surface area contributed by atoms with E-state index in [2.05, 4.69) is 99.1 Å². The van der Waals surface area contributed by atoms with Gasteiger partial charge in [-0.2, -0.15) is 0 Å². The summed E-state index contributed by atoms with van der Waals surface area (Å²) in [7, 11) is 0. The Balaban J connectivity index is 1.71. The molecular weight excluding hydrogens is 509 g/mol. The van der Waals surface area contributed by atoms with Gasteiger partial charge in [-0.05, 0) is 93.1 Å². The van der Waals surface area contributed by atoms with Crippen LogP contribution in [-0.2, 0) is 5.41 Å². The molecule has 0 fully saturated rings. The number of rotatable bonds is 14. The first-order valence-electron chi connectivity index (χ1n) is 15.5. The summed E-state index contributed by atoms with van der Waals surface area (Å²) < 4.78 is 0. The number of unbranched alkanes of at least 4 members (excludes halogenated alkanes) is 2. The summed E-state index contributed by atoms with van der Waals surface area (Å²) in [6, 6.07) is 23.8. The Kier molecular flexibility index (Phi) is 9.46. The molecule has 0 amide bonds. The minimum atomic E-state index is 0.0774. The van der Waals surface area contributed by atoms with Crippen molar-refractivity contribution in [3.05, 3.63) is 82.6 Å². The van der Waals surface area contributed by atoms with E-state index in [0.29, 0.717) is 0 Å². The van der Waals surface area contributed by atoms with Crippen LogP contribution in [-0.4, -0.2) is 0 Å². The van der Waals surface area contributed by atoms with Crippen LogP contribution in [0.5, 0.6) is 0 Å². The predicted molar refractivity (Wildman–Crippen MR) is 175 cm³/mol. The van der Waals surface area contributed by atoms with E-state index >= 15 is 0 Å². The number of fused-ring (bicyclic) bond motifs is 3. The molecular formula is C37H46S2. The van der Waals surface area contributed by atoms with Crippen LogP contribution in [0.15, 0.2) is 71.4 Å². The molecule has 0 spiro atoms. The summed E-state index contributed by atoms with van der Waals surface area (Å²) in [6.07, 6.45) is 13.0. The van der Waals surface area contributed by atoms with Gasteiger partial charge in [-0.3, -0.25) is 0 Å². The second-order valence-corrected chi connectivity index (χ2v) is 13.7. The fourth-order valence-electron chi connectivity index (χ4n) is 7.08. The minimum absolute atomic E-state index is 0.0774. The lowest BCUT2D eigenvalue weighted by atomic mass is 9.65. The Hall–Kier alpha value is -2.16. The molecule has 1 aliphatic carbocycles. The standard InChI is InChI=1S/C37H46S2/c1-5-9-13-27(7-3)25-37(26-28(8-4)14-10-6-2)33-23-29(35-15-11-21-38-35)17-19-31(33)32-20-18-30(24-34(32)37)36-16-12-22-39-36/h11-12,15-24,27-28H,5-10,13-14,25-26H2,1-4H3. The van der Waals surface area contributed by atoms with E-state index in [0.717, 1.165) is 11.8 Å². The van der Waals surface area contributed by atoms with E-state index in [-0.39, 0.29) is 5.41 Å². The van der Waals surface area contributed by atoms with Crippen molar-refractivity contribution in [3.63, 3.8) is 0 Å². The Labute approximate surface area is 245 Å². The van der Waals surface area contributed by atoms with Crippen molar-refractivity contribution in [2.75, 3.05) is 0 Å². The molecule has 39 heavy (non-hydrogen) atoms. The highest BCUT2D eigenvalue weighted by Gasteiger charge is 2.45. The second kappa shape index (κ2) is 13.0. The van der Waals surface area contributed by atoms with Crippen LogP contribution >= 0.6 is 22.7 Å². The van der Waals surface area contributed by atoms with Gasteiger partial charge in [0.2, 0.25) is 0 Å². The second-order valence-electron chi connectivity index (χ2n) is 11.8. The van der Waals surface area contributed by atoms with E-state index in [1.165, 1.54) is 96.2 Å². The van der Waals surface area contributed by atoms with E-state index < -0.39 is 0 Å². The fraction of sp³-hybridized carbons (Fsp3) is 0.459. The maximum absolute atomic E-state index is 2.60. The van der Waals surface area contributed by atoms with Crippen LogP contribution in [0.3, 0.4) is 0 Å². The quantitative estimate of drug-likeness (QED) is 0.145. The summed E-state index contributed by atoms with van der Waals surface area (Å²) in [6.45, 7) is 9.56. The van der Waals surface area contributed by atoms with Crippen molar-refractivity contribution in [1.82, 2.24) is 0 Å². The number of hydrogen-bond acceptors (Lipinski definition) is 2. The molecule has 0 radical (unpaired) electrons. The molecule has 0 saturated heterocycles. The summed E-state index contributed by atoms with van der Waals surface area (Å²) in [5.74, 6) is 1.51. The predicted octanol–water partition coefficient (Wildman–Crippen LogP) is 12.6. The molecule has 2 atom stereocenters. The van der Waals surface area contributed by atoms with Gasteiger partial charge in [0.1, 0.15) is 0 Å². The van der Waals surface area contributed by atoms with E-state index in [4.69, 9.17) is 0 Å². The first-order valence-corrected chi connectivity index (χ1v) is 17.3. The molecule has 2 heterocycles. The third kappa shape index (κ3) is 5.84. The van der Waals surface area contributed by atoms with Crippen LogP contribution < -0.4 is 0 Å². The van der Waals surface area contributed by atoms with E-state index in [9.17, 15) is 0 Å². The van der Waals surface area contributed by atoms with Crippen LogP contribution in [0.25, 0.3) is 32.0 Å². The zero-order chi connectivity index (χ0) is 27.2. The smallest absolute Gasteiger partial charge is 0.0342 e. The molecule has 2 heteroatoms. The molecule has 206 valence electrons. The summed E-state index contributed by atoms with van der Waals surface area (Å²) in [5.41, 5.74) is 9.05. The molecule has 5 rings (SSSR count). The maximum Gasteiger partial charge on any atom is 0.0342 e. The summed E-state index contributed by atoms with van der Waals surface area (Å²) in [4.78, 5) is 2.77. The summed E-state index contributed by atoms with van der Waals surface area (Å²) >= 11 is 3.73. The van der Waals surface area contributed by atoms with Crippen LogP contribution in [0.1, 0.15) is 103 Å². The van der Waals surface area contributed by atoms with Gasteiger partial charge in [-0.15, -0.1) is 22.7 Å². The van der Waals surface area contributed by atoms with Gasteiger partial charge in [0.05, 0.1) is 0 Å². The topological polar surface area (TPSA) is 0 Å².